The number of carboxylic acids is 1. The SMILES string of the molecule is CCC1O[C@@H](OC2[C@H](O[C@H]3CCC4(C)C5CC=C6C7CC(C)(C)CC[C@]7(C(=O)O)C(C)C[C@@]6(C)C5(C)CC[C@H]4[C@@]3(C)OC)OC(OC=O)[C@@H](C)[C@@H]2O[C@@H]2OC[C@@H](C)[C@H](C)C2C)C(C)[C@@H](C)[C@H]1C. The second-order valence-corrected chi connectivity index (χ2v) is 25.8. The third kappa shape index (κ3) is 8.06. The van der Waals surface area contributed by atoms with Gasteiger partial charge in [0, 0.05) is 24.9 Å². The van der Waals surface area contributed by atoms with Crippen molar-refractivity contribution in [1.82, 2.24) is 0 Å². The monoisotopic (exact) mass is 941 g/mol. The van der Waals surface area contributed by atoms with E-state index in [0.717, 1.165) is 64.2 Å². The first-order chi connectivity index (χ1) is 31.4. The summed E-state index contributed by atoms with van der Waals surface area (Å²) >= 11 is 0. The number of fused-ring (bicyclic) bond motifs is 7. The van der Waals surface area contributed by atoms with Crippen LogP contribution in [0.3, 0.4) is 0 Å². The zero-order valence-electron chi connectivity index (χ0n) is 44.4. The molecule has 1 N–H and O–H groups in total. The molecular formula is C56H92O11. The Balaban J connectivity index is 1.12. The van der Waals surface area contributed by atoms with Crippen LogP contribution in [0.5, 0.6) is 0 Å². The molecule has 0 aromatic carbocycles. The number of carbonyl (C=O) groups excluding carboxylic acids is 1. The van der Waals surface area contributed by atoms with Crippen molar-refractivity contribution in [3.8, 4) is 0 Å². The maximum Gasteiger partial charge on any atom is 0.310 e. The molecule has 11 heteroatoms. The minimum atomic E-state index is -0.971. The lowest BCUT2D eigenvalue weighted by Crippen LogP contribution is -2.69. The highest BCUT2D eigenvalue weighted by Crippen LogP contribution is 2.76. The van der Waals surface area contributed by atoms with Gasteiger partial charge in [-0.05, 0) is 140 Å². The summed E-state index contributed by atoms with van der Waals surface area (Å²) in [4.78, 5) is 25.6. The van der Waals surface area contributed by atoms with Crippen LogP contribution < -0.4 is 0 Å². The number of hydrogen-bond acceptors (Lipinski definition) is 10. The maximum atomic E-state index is 13.5. The predicted octanol–water partition coefficient (Wildman–Crippen LogP) is 11.5. The second-order valence-electron chi connectivity index (χ2n) is 25.8. The van der Waals surface area contributed by atoms with Gasteiger partial charge in [0.15, 0.2) is 18.9 Å². The molecule has 7 fully saturated rings. The van der Waals surface area contributed by atoms with E-state index in [1.165, 1.54) is 5.57 Å². The zero-order valence-corrected chi connectivity index (χ0v) is 44.4. The fraction of sp³-hybridized carbons (Fsp3) is 0.929. The Morgan fingerprint density at radius 3 is 2.09 bits per heavy atom. The summed E-state index contributed by atoms with van der Waals surface area (Å²) in [6, 6.07) is 0. The van der Waals surface area contributed by atoms with E-state index in [-0.39, 0.29) is 63.5 Å². The molecule has 0 amide bonds. The van der Waals surface area contributed by atoms with Crippen LogP contribution in [-0.2, 0) is 47.5 Å². The van der Waals surface area contributed by atoms with Crippen molar-refractivity contribution >= 4 is 12.4 Å². The van der Waals surface area contributed by atoms with Crippen molar-refractivity contribution in [2.75, 3.05) is 13.7 Å². The molecule has 4 saturated carbocycles. The highest BCUT2D eigenvalue weighted by molar-refractivity contribution is 5.77. The largest absolute Gasteiger partial charge is 0.481 e. The van der Waals surface area contributed by atoms with Gasteiger partial charge in [-0.2, -0.15) is 0 Å². The van der Waals surface area contributed by atoms with Gasteiger partial charge in [0.1, 0.15) is 12.2 Å². The molecule has 67 heavy (non-hydrogen) atoms. The van der Waals surface area contributed by atoms with Crippen molar-refractivity contribution in [2.24, 2.45) is 92.2 Å². The van der Waals surface area contributed by atoms with Gasteiger partial charge in [-0.1, -0.05) is 109 Å². The smallest absolute Gasteiger partial charge is 0.310 e. The normalized spacial score (nSPS) is 54.0. The molecule has 8 rings (SSSR count). The Bertz CT molecular complexity index is 1830. The van der Waals surface area contributed by atoms with Crippen molar-refractivity contribution in [2.45, 2.75) is 223 Å². The van der Waals surface area contributed by atoms with E-state index in [9.17, 15) is 14.7 Å². The van der Waals surface area contributed by atoms with E-state index in [0.29, 0.717) is 42.7 Å². The van der Waals surface area contributed by atoms with Gasteiger partial charge >= 0.3 is 5.97 Å². The number of allylic oxidation sites excluding steroid dienone is 2. The maximum absolute atomic E-state index is 13.5. The summed E-state index contributed by atoms with van der Waals surface area (Å²) in [5, 5.41) is 11.1. The van der Waals surface area contributed by atoms with Gasteiger partial charge in [0.25, 0.3) is 6.47 Å². The molecule has 8 aliphatic rings. The lowest BCUT2D eigenvalue weighted by atomic mass is 9.33. The Kier molecular flexibility index (Phi) is 14.3. The van der Waals surface area contributed by atoms with Crippen LogP contribution in [0, 0.1) is 92.2 Å². The van der Waals surface area contributed by atoms with Crippen LogP contribution in [0.15, 0.2) is 11.6 Å². The van der Waals surface area contributed by atoms with E-state index in [2.05, 4.69) is 103 Å². The predicted molar refractivity (Wildman–Crippen MR) is 256 cm³/mol. The molecular weight excluding hydrogens is 849 g/mol. The molecule has 5 aliphatic carbocycles. The van der Waals surface area contributed by atoms with Gasteiger partial charge < -0.3 is 43.0 Å². The van der Waals surface area contributed by atoms with E-state index < -0.39 is 60.3 Å². The third-order valence-corrected chi connectivity index (χ3v) is 22.4. The average Bonchev–Trinajstić information content (AvgIpc) is 3.27. The Morgan fingerprint density at radius 2 is 1.43 bits per heavy atom. The summed E-state index contributed by atoms with van der Waals surface area (Å²) in [7, 11) is 1.84. The number of ether oxygens (including phenoxy) is 8. The number of rotatable bonds is 11. The van der Waals surface area contributed by atoms with Crippen LogP contribution in [0.4, 0.5) is 0 Å². The average molecular weight is 941 g/mol. The molecule has 10 unspecified atom stereocenters. The van der Waals surface area contributed by atoms with Crippen LogP contribution >= 0.6 is 0 Å². The van der Waals surface area contributed by atoms with Crippen LogP contribution in [0.1, 0.15) is 168 Å². The number of methoxy groups -OCH3 is 1. The first kappa shape index (κ1) is 51.7. The molecule has 11 nitrogen and oxygen atoms in total. The molecule has 24 atom stereocenters. The minimum Gasteiger partial charge on any atom is -0.481 e. The van der Waals surface area contributed by atoms with Crippen LogP contribution in [0.25, 0.3) is 0 Å². The summed E-state index contributed by atoms with van der Waals surface area (Å²) in [6.45, 7) is 35.5. The van der Waals surface area contributed by atoms with E-state index in [1.54, 1.807) is 0 Å². The number of aliphatic carboxylic acids is 1. The molecule has 0 aromatic heterocycles. The van der Waals surface area contributed by atoms with Gasteiger partial charge in [0.05, 0.1) is 29.8 Å². The van der Waals surface area contributed by atoms with E-state index in [1.807, 2.05) is 14.0 Å². The van der Waals surface area contributed by atoms with E-state index >= 15 is 0 Å². The number of hydrogen-bond donors (Lipinski definition) is 1. The highest BCUT2D eigenvalue weighted by atomic mass is 16.8. The number of carboxylic acid groups (broad SMARTS) is 1. The van der Waals surface area contributed by atoms with Gasteiger partial charge in [-0.25, -0.2) is 0 Å². The lowest BCUT2D eigenvalue weighted by molar-refractivity contribution is -0.400. The van der Waals surface area contributed by atoms with Gasteiger partial charge in [0.2, 0.25) is 6.29 Å². The molecule has 3 saturated heterocycles. The molecule has 0 bridgehead atoms. The summed E-state index contributed by atoms with van der Waals surface area (Å²) in [5.41, 5.74) is -0.0753. The molecule has 0 radical (unpaired) electrons. The molecule has 3 heterocycles. The molecule has 0 spiro atoms. The van der Waals surface area contributed by atoms with Crippen LogP contribution in [-0.4, -0.2) is 86.4 Å². The second kappa shape index (κ2) is 18.5. The van der Waals surface area contributed by atoms with Crippen molar-refractivity contribution in [3.63, 3.8) is 0 Å². The zero-order chi connectivity index (χ0) is 49.0. The molecule has 3 aliphatic heterocycles. The summed E-state index contributed by atoms with van der Waals surface area (Å²) < 4.78 is 54.4. The van der Waals surface area contributed by atoms with Crippen molar-refractivity contribution in [1.29, 1.82) is 0 Å². The first-order valence-corrected chi connectivity index (χ1v) is 26.9. The Hall–Kier alpha value is -1.60. The fourth-order valence-corrected chi connectivity index (χ4v) is 17.0. The first-order valence-electron chi connectivity index (χ1n) is 26.9. The molecule has 0 aromatic rings. The van der Waals surface area contributed by atoms with E-state index in [4.69, 9.17) is 37.9 Å². The molecule has 382 valence electrons. The third-order valence-electron chi connectivity index (χ3n) is 22.4. The minimum absolute atomic E-state index is 0.0218. The van der Waals surface area contributed by atoms with Crippen molar-refractivity contribution < 1.29 is 52.6 Å². The Labute approximate surface area is 404 Å². The van der Waals surface area contributed by atoms with Gasteiger partial charge in [-0.3, -0.25) is 9.59 Å². The van der Waals surface area contributed by atoms with Crippen LogP contribution in [0.2, 0.25) is 0 Å². The fourth-order valence-electron chi connectivity index (χ4n) is 17.0. The van der Waals surface area contributed by atoms with Gasteiger partial charge in [-0.15, -0.1) is 0 Å². The Morgan fingerprint density at radius 1 is 0.746 bits per heavy atom. The number of carbonyl (C=O) groups is 2. The quantitative estimate of drug-likeness (QED) is 0.121. The highest BCUT2D eigenvalue weighted by Gasteiger charge is 2.72. The lowest BCUT2D eigenvalue weighted by Gasteiger charge is -2.72. The topological polar surface area (TPSA) is 128 Å². The standard InChI is InChI=1S/C56H92O11/c1-17-40-34(6)33(5)36(8)48(63-40)66-45-44(65-46-35(7)32(4)30(2)28-61-46)37(9)47(62-29-57)67-49(45)64-43-21-22-52(12)41-19-18-38-39-27-51(10,11)24-25-56(39,50(58)59)31(3)26-54(38,14)53(41,13)23-20-42(52)55(43,15)60-16/h18,29-37,39-49H,17,19-28H2,1-16H3,(H,58,59)/t30-,31?,32+,33+,34-,35?,36?,37+,39?,40?,41?,42-,43+,44+,45?,46+,47?,48+,49-,52?,53?,54-,55-,56+/m1/s1. The summed E-state index contributed by atoms with van der Waals surface area (Å²) in [5.74, 6) is 1.36. The van der Waals surface area contributed by atoms with Crippen molar-refractivity contribution in [3.05, 3.63) is 11.6 Å². The summed E-state index contributed by atoms with van der Waals surface area (Å²) in [6.07, 6.45) is 6.94.